The van der Waals surface area contributed by atoms with Crippen molar-refractivity contribution in [1.82, 2.24) is 10.2 Å². The molecule has 0 unspecified atom stereocenters. The number of nitrogens with one attached hydrogen (secondary N) is 1. The Hall–Kier alpha value is -1.98. The average molecular weight is 433 g/mol. The molecule has 0 saturated carbocycles. The molecule has 2 aromatic carbocycles. The highest BCUT2D eigenvalue weighted by Crippen LogP contribution is 2.21. The normalized spacial score (nSPS) is 11.9. The van der Waals surface area contributed by atoms with Crippen molar-refractivity contribution in [2.24, 2.45) is 5.92 Å². The largest absolute Gasteiger partial charge is 0.354 e. The lowest BCUT2D eigenvalue weighted by molar-refractivity contribution is -0.140. The number of benzene rings is 2. The van der Waals surface area contributed by atoms with Gasteiger partial charge in [0.05, 0.1) is 0 Å². The Bertz CT molecular complexity index is 798. The number of hydrogen-bond donors (Lipinski definition) is 1. The maximum atomic E-state index is 13.0. The molecule has 0 fully saturated rings. The molecule has 0 radical (unpaired) electrons. The SMILES string of the molecule is CC(C)CNC(=O)[C@H](C)N(Cc1ccccc1Cl)C(=O)CCSc1ccccc1. The molecule has 0 heterocycles. The van der Waals surface area contributed by atoms with Crippen molar-refractivity contribution in [3.63, 3.8) is 0 Å². The zero-order valence-corrected chi connectivity index (χ0v) is 18.8. The van der Waals surface area contributed by atoms with Gasteiger partial charge in [0.2, 0.25) is 11.8 Å². The van der Waals surface area contributed by atoms with Crippen LogP contribution in [0.15, 0.2) is 59.5 Å². The predicted molar refractivity (Wildman–Crippen MR) is 121 cm³/mol. The summed E-state index contributed by atoms with van der Waals surface area (Å²) in [6.45, 7) is 6.75. The second kappa shape index (κ2) is 11.9. The van der Waals surface area contributed by atoms with Gasteiger partial charge in [-0.1, -0.05) is 61.8 Å². The summed E-state index contributed by atoms with van der Waals surface area (Å²) in [6.07, 6.45) is 0.353. The smallest absolute Gasteiger partial charge is 0.242 e. The van der Waals surface area contributed by atoms with Gasteiger partial charge in [0.25, 0.3) is 0 Å². The third kappa shape index (κ3) is 7.75. The maximum Gasteiger partial charge on any atom is 0.242 e. The molecule has 1 N–H and O–H groups in total. The summed E-state index contributed by atoms with van der Waals surface area (Å²) in [7, 11) is 0. The zero-order valence-electron chi connectivity index (χ0n) is 17.2. The van der Waals surface area contributed by atoms with E-state index in [4.69, 9.17) is 11.6 Å². The van der Waals surface area contributed by atoms with Crippen molar-refractivity contribution < 1.29 is 9.59 Å². The lowest BCUT2D eigenvalue weighted by atomic mass is 10.1. The predicted octanol–water partition coefficient (Wildman–Crippen LogP) is 5.01. The monoisotopic (exact) mass is 432 g/mol. The molecule has 0 aliphatic carbocycles. The van der Waals surface area contributed by atoms with E-state index in [2.05, 4.69) is 5.32 Å². The number of nitrogens with zero attached hydrogens (tertiary/aromatic N) is 1. The Morgan fingerprint density at radius 3 is 2.34 bits per heavy atom. The van der Waals surface area contributed by atoms with Gasteiger partial charge in [0, 0.05) is 35.2 Å². The average Bonchev–Trinajstić information content (AvgIpc) is 2.71. The van der Waals surface area contributed by atoms with Crippen molar-refractivity contribution in [3.05, 3.63) is 65.2 Å². The minimum absolute atomic E-state index is 0.0550. The summed E-state index contributed by atoms with van der Waals surface area (Å²) in [6, 6.07) is 16.8. The molecule has 6 heteroatoms. The number of amides is 2. The van der Waals surface area contributed by atoms with Gasteiger partial charge in [-0.2, -0.15) is 0 Å². The van der Waals surface area contributed by atoms with Crippen LogP contribution in [-0.2, 0) is 16.1 Å². The van der Waals surface area contributed by atoms with Crippen molar-refractivity contribution in [2.75, 3.05) is 12.3 Å². The van der Waals surface area contributed by atoms with Gasteiger partial charge in [-0.15, -0.1) is 11.8 Å². The van der Waals surface area contributed by atoms with Gasteiger partial charge in [-0.25, -0.2) is 0 Å². The first kappa shape index (κ1) is 23.3. The number of halogens is 1. The van der Waals surface area contributed by atoms with Crippen LogP contribution in [0.5, 0.6) is 0 Å². The highest BCUT2D eigenvalue weighted by molar-refractivity contribution is 7.99. The summed E-state index contributed by atoms with van der Waals surface area (Å²) in [5, 5.41) is 3.52. The first-order chi connectivity index (χ1) is 13.9. The van der Waals surface area contributed by atoms with Crippen LogP contribution >= 0.6 is 23.4 Å². The van der Waals surface area contributed by atoms with E-state index < -0.39 is 6.04 Å². The lowest BCUT2D eigenvalue weighted by Crippen LogP contribution is -2.48. The Morgan fingerprint density at radius 2 is 1.69 bits per heavy atom. The Morgan fingerprint density at radius 1 is 1.03 bits per heavy atom. The van der Waals surface area contributed by atoms with E-state index in [1.165, 1.54) is 0 Å². The minimum atomic E-state index is -0.570. The number of hydrogen-bond acceptors (Lipinski definition) is 3. The highest BCUT2D eigenvalue weighted by Gasteiger charge is 2.26. The molecular weight excluding hydrogens is 404 g/mol. The number of carbonyl (C=O) groups is 2. The summed E-state index contributed by atoms with van der Waals surface area (Å²) < 4.78 is 0. The number of thioether (sulfide) groups is 1. The van der Waals surface area contributed by atoms with Crippen molar-refractivity contribution in [2.45, 2.75) is 44.7 Å². The third-order valence-electron chi connectivity index (χ3n) is 4.48. The molecular formula is C23H29ClN2O2S. The van der Waals surface area contributed by atoms with E-state index in [0.717, 1.165) is 10.5 Å². The maximum absolute atomic E-state index is 13.0. The van der Waals surface area contributed by atoms with Crippen LogP contribution in [0.2, 0.25) is 5.02 Å². The van der Waals surface area contributed by atoms with Crippen LogP contribution in [0, 0.1) is 5.92 Å². The van der Waals surface area contributed by atoms with Gasteiger partial charge >= 0.3 is 0 Å². The molecule has 0 saturated heterocycles. The summed E-state index contributed by atoms with van der Waals surface area (Å²) in [5.74, 6) is 0.805. The molecule has 2 rings (SSSR count). The van der Waals surface area contributed by atoms with E-state index in [1.807, 2.05) is 62.4 Å². The molecule has 0 bridgehead atoms. The van der Waals surface area contributed by atoms with E-state index in [9.17, 15) is 9.59 Å². The molecule has 0 aromatic heterocycles. The minimum Gasteiger partial charge on any atom is -0.354 e. The molecule has 2 aromatic rings. The van der Waals surface area contributed by atoms with Crippen LogP contribution in [0.25, 0.3) is 0 Å². The van der Waals surface area contributed by atoms with Crippen molar-refractivity contribution in [3.8, 4) is 0 Å². The fourth-order valence-electron chi connectivity index (χ4n) is 2.76. The second-order valence-electron chi connectivity index (χ2n) is 7.34. The second-order valence-corrected chi connectivity index (χ2v) is 8.92. The molecule has 29 heavy (non-hydrogen) atoms. The van der Waals surface area contributed by atoms with Crippen LogP contribution in [0.1, 0.15) is 32.8 Å². The molecule has 2 amide bonds. The van der Waals surface area contributed by atoms with E-state index in [0.29, 0.717) is 36.2 Å². The molecule has 0 spiro atoms. The van der Waals surface area contributed by atoms with Gasteiger partial charge in [0.1, 0.15) is 6.04 Å². The van der Waals surface area contributed by atoms with Gasteiger partial charge in [-0.3, -0.25) is 9.59 Å². The fraction of sp³-hybridized carbons (Fsp3) is 0.391. The van der Waals surface area contributed by atoms with Crippen molar-refractivity contribution >= 4 is 35.2 Å². The first-order valence-electron chi connectivity index (χ1n) is 9.87. The highest BCUT2D eigenvalue weighted by atomic mass is 35.5. The van der Waals surface area contributed by atoms with Gasteiger partial charge in [0.15, 0.2) is 0 Å². The molecule has 156 valence electrons. The quantitative estimate of drug-likeness (QED) is 0.537. The summed E-state index contributed by atoms with van der Waals surface area (Å²) >= 11 is 7.94. The van der Waals surface area contributed by atoms with Crippen LogP contribution < -0.4 is 5.32 Å². The number of rotatable bonds is 10. The van der Waals surface area contributed by atoms with Crippen LogP contribution in [0.3, 0.4) is 0 Å². The zero-order chi connectivity index (χ0) is 21.2. The molecule has 4 nitrogen and oxygen atoms in total. The van der Waals surface area contributed by atoms with E-state index >= 15 is 0 Å². The molecule has 0 aliphatic rings. The van der Waals surface area contributed by atoms with E-state index in [-0.39, 0.29) is 11.8 Å². The van der Waals surface area contributed by atoms with Crippen LogP contribution in [0.4, 0.5) is 0 Å². The van der Waals surface area contributed by atoms with Gasteiger partial charge < -0.3 is 10.2 Å². The fourth-order valence-corrected chi connectivity index (χ4v) is 3.82. The first-order valence-corrected chi connectivity index (χ1v) is 11.2. The van der Waals surface area contributed by atoms with Crippen LogP contribution in [-0.4, -0.2) is 35.1 Å². The van der Waals surface area contributed by atoms with Crippen molar-refractivity contribution in [1.29, 1.82) is 0 Å². The van der Waals surface area contributed by atoms with E-state index in [1.54, 1.807) is 29.7 Å². The third-order valence-corrected chi connectivity index (χ3v) is 5.86. The van der Waals surface area contributed by atoms with Gasteiger partial charge in [-0.05, 0) is 36.6 Å². The topological polar surface area (TPSA) is 49.4 Å². The lowest BCUT2D eigenvalue weighted by Gasteiger charge is -2.29. The Balaban J connectivity index is 2.06. The summed E-state index contributed by atoms with van der Waals surface area (Å²) in [4.78, 5) is 28.4. The molecule has 0 aliphatic heterocycles. The Labute approximate surface area is 183 Å². The standard InChI is InChI=1S/C23H29ClN2O2S/c1-17(2)15-25-23(28)18(3)26(16-19-9-7-8-12-21(19)24)22(27)13-14-29-20-10-5-4-6-11-20/h4-12,17-18H,13-16H2,1-3H3,(H,25,28)/t18-/m0/s1. The Kier molecular flexibility index (Phi) is 9.55. The molecule has 1 atom stereocenters. The number of carbonyl (C=O) groups excluding carboxylic acids is 2. The summed E-state index contributed by atoms with van der Waals surface area (Å²) in [5.41, 5.74) is 0.835.